The molecule has 1 aromatic heterocycles. The lowest BCUT2D eigenvalue weighted by Crippen LogP contribution is -2.71. The number of nitrogens with zero attached hydrogens (tertiary/aromatic N) is 5. The van der Waals surface area contributed by atoms with Crippen LogP contribution in [-0.4, -0.2) is 110 Å². The number of aromatic nitrogens is 1. The quantitative estimate of drug-likeness (QED) is 0.0380. The Morgan fingerprint density at radius 3 is 2.21 bits per heavy atom. The van der Waals surface area contributed by atoms with E-state index in [4.69, 9.17) is 15.3 Å². The van der Waals surface area contributed by atoms with Gasteiger partial charge in [-0.3, -0.25) is 19.3 Å². The number of thioether (sulfide) groups is 1. The number of carbonyl (C=O) groups excluding carboxylic acids is 4. The summed E-state index contributed by atoms with van der Waals surface area (Å²) in [4.78, 5) is 82.6. The zero-order valence-electron chi connectivity index (χ0n) is 33.4. The van der Waals surface area contributed by atoms with Crippen molar-refractivity contribution in [2.45, 2.75) is 42.3 Å². The van der Waals surface area contributed by atoms with Gasteiger partial charge in [-0.05, 0) is 30.9 Å². The molecule has 0 spiro atoms. The Bertz CT molecular complexity index is 2380. The van der Waals surface area contributed by atoms with Gasteiger partial charge in [-0.25, -0.2) is 14.6 Å². The number of nitrogens with one attached hydrogen (secondary N) is 1. The smallest absolute Gasteiger partial charge is 0.410 e. The average molecular weight is 874 g/mol. The summed E-state index contributed by atoms with van der Waals surface area (Å²) in [6.07, 6.45) is 4.49. The summed E-state index contributed by atoms with van der Waals surface area (Å²) in [5, 5.41) is 18.7. The number of fused-ring (bicyclic) bond motifs is 1. The van der Waals surface area contributed by atoms with Gasteiger partial charge < -0.3 is 35.5 Å². The first kappa shape index (κ1) is 42.0. The van der Waals surface area contributed by atoms with E-state index in [-0.39, 0.29) is 46.5 Å². The van der Waals surface area contributed by atoms with Gasteiger partial charge in [0.15, 0.2) is 10.8 Å². The van der Waals surface area contributed by atoms with E-state index in [1.165, 1.54) is 17.8 Å². The summed E-state index contributed by atoms with van der Waals surface area (Å²) in [5.41, 5.74) is 7.24. The maximum atomic E-state index is 14.3. The molecule has 0 saturated carbocycles. The fourth-order valence-electron chi connectivity index (χ4n) is 8.27. The number of amides is 4. The van der Waals surface area contributed by atoms with Gasteiger partial charge in [-0.1, -0.05) is 109 Å². The largest absolute Gasteiger partial charge is 0.477 e. The molecule has 3 atom stereocenters. The number of nitrogen functional groups attached to an aromatic ring is 1. The van der Waals surface area contributed by atoms with E-state index in [1.807, 2.05) is 91.0 Å². The molecule has 15 nitrogen and oxygen atoms in total. The number of rotatable bonds is 14. The third-order valence-electron chi connectivity index (χ3n) is 11.2. The highest BCUT2D eigenvalue weighted by atomic mass is 32.2. The average Bonchev–Trinajstić information content (AvgIpc) is 4.04. The normalized spacial score (nSPS) is 20.8. The van der Waals surface area contributed by atoms with Crippen LogP contribution in [0.25, 0.3) is 0 Å². The van der Waals surface area contributed by atoms with Crippen molar-refractivity contribution >= 4 is 63.7 Å². The molecule has 3 saturated heterocycles. The van der Waals surface area contributed by atoms with Crippen LogP contribution in [-0.2, 0) is 34.4 Å². The number of thiazole rings is 1. The monoisotopic (exact) mass is 873 g/mol. The second-order valence-electron chi connectivity index (χ2n) is 14.9. The minimum absolute atomic E-state index is 0.0939. The molecule has 0 bridgehead atoms. The molecular weight excluding hydrogens is 831 g/mol. The number of hydrogen-bond acceptors (Lipinski definition) is 12. The fourth-order valence-corrected chi connectivity index (χ4v) is 10.1. The van der Waals surface area contributed by atoms with Gasteiger partial charge in [0.2, 0.25) is 11.5 Å². The third-order valence-corrected chi connectivity index (χ3v) is 13.2. The van der Waals surface area contributed by atoms with E-state index in [1.54, 1.807) is 21.3 Å². The van der Waals surface area contributed by atoms with Crippen molar-refractivity contribution < 1.29 is 38.7 Å². The number of benzene rings is 3. The van der Waals surface area contributed by atoms with Crippen LogP contribution in [0.1, 0.15) is 41.6 Å². The summed E-state index contributed by atoms with van der Waals surface area (Å²) in [7, 11) is 0. The molecule has 4 N–H and O–H groups in total. The maximum absolute atomic E-state index is 14.3. The number of carboxylic acid groups (broad SMARTS) is 1. The first-order valence-electron chi connectivity index (χ1n) is 20.0. The molecule has 4 aliphatic rings. The van der Waals surface area contributed by atoms with E-state index >= 15 is 0 Å². The molecule has 0 unspecified atom stereocenters. The zero-order valence-corrected chi connectivity index (χ0v) is 35.1. The Morgan fingerprint density at radius 2 is 1.63 bits per heavy atom. The highest BCUT2D eigenvalue weighted by Gasteiger charge is 2.54. The number of likely N-dealkylation sites (tertiary alicyclic amines) is 2. The highest BCUT2D eigenvalue weighted by Crippen LogP contribution is 2.43. The number of carbonyl (C=O) groups is 5. The number of hydrogen-bond donors (Lipinski definition) is 3. The number of anilines is 1. The number of oxime groups is 1. The molecular formula is C45H43N7O8S2. The van der Waals surface area contributed by atoms with Crippen LogP contribution in [0.2, 0.25) is 0 Å². The van der Waals surface area contributed by atoms with E-state index in [2.05, 4.69) is 22.0 Å². The van der Waals surface area contributed by atoms with Crippen molar-refractivity contribution in [2.24, 2.45) is 5.16 Å². The molecule has 0 radical (unpaired) electrons. The summed E-state index contributed by atoms with van der Waals surface area (Å²) in [6, 6.07) is 27.1. The van der Waals surface area contributed by atoms with Crippen molar-refractivity contribution in [1.82, 2.24) is 25.0 Å². The summed E-state index contributed by atoms with van der Waals surface area (Å²) in [6.45, 7) is 4.93. The van der Waals surface area contributed by atoms with E-state index < -0.39 is 40.9 Å². The molecule has 62 heavy (non-hydrogen) atoms. The Labute approximate surface area is 365 Å². The lowest BCUT2D eigenvalue weighted by Gasteiger charge is -2.49. The topological polar surface area (TPSA) is 197 Å². The van der Waals surface area contributed by atoms with E-state index in [0.717, 1.165) is 45.8 Å². The predicted octanol–water partition coefficient (Wildman–Crippen LogP) is 5.12. The van der Waals surface area contributed by atoms with Crippen LogP contribution in [0.4, 0.5) is 9.93 Å². The molecule has 17 heteroatoms. The van der Waals surface area contributed by atoms with Crippen molar-refractivity contribution in [3.8, 4) is 0 Å². The third kappa shape index (κ3) is 8.08. The SMILES string of the molecule is C=CCOC(=O)N1CCC[C@H]1CN1CC/C(=C\C2=C(C(=O)O)N3C(=O)[C@@H](NC(=O)/C(=N\OC(c4ccccc4)(c4ccccc4)c4ccccc4)c4csc(N)n4)[C@H]3SC2)C1=O. The molecule has 4 amide bonds. The second-order valence-corrected chi connectivity index (χ2v) is 16.9. The highest BCUT2D eigenvalue weighted by molar-refractivity contribution is 8.00. The molecule has 4 aliphatic heterocycles. The Balaban J connectivity index is 1.03. The van der Waals surface area contributed by atoms with Crippen molar-refractivity contribution in [1.29, 1.82) is 0 Å². The minimum Gasteiger partial charge on any atom is -0.477 e. The van der Waals surface area contributed by atoms with Gasteiger partial charge >= 0.3 is 12.1 Å². The van der Waals surface area contributed by atoms with Crippen LogP contribution in [0, 0.1) is 0 Å². The number of allylic oxidation sites excluding steroid dienone is 1. The first-order valence-corrected chi connectivity index (χ1v) is 21.9. The second kappa shape index (κ2) is 18.1. The number of carboxylic acids is 1. The first-order chi connectivity index (χ1) is 30.1. The molecule has 0 aliphatic carbocycles. The van der Waals surface area contributed by atoms with Gasteiger partial charge in [0.1, 0.15) is 29.4 Å². The predicted molar refractivity (Wildman–Crippen MR) is 234 cm³/mol. The molecule has 4 aromatic rings. The van der Waals surface area contributed by atoms with Crippen LogP contribution in [0.15, 0.2) is 137 Å². The van der Waals surface area contributed by atoms with Crippen molar-refractivity contribution in [3.05, 3.63) is 154 Å². The Kier molecular flexibility index (Phi) is 12.3. The van der Waals surface area contributed by atoms with Gasteiger partial charge in [0.05, 0.1) is 6.04 Å². The summed E-state index contributed by atoms with van der Waals surface area (Å²) < 4.78 is 5.23. The summed E-state index contributed by atoms with van der Waals surface area (Å²) >= 11 is 2.37. The standard InChI is InChI=1S/C45H43N7O8S2/c1-2-23-59-44(58)51-21-12-19-33(51)25-50-22-20-28(39(50)54)24-29-26-61-41-36(40(55)52(41)37(29)42(56)57)48-38(53)35(34-27-62-43(46)47-34)49-60-45(30-13-6-3-7-14-30,31-15-8-4-9-16-31)32-17-10-5-11-18-32/h2-11,13-18,24,27,33,36,41H,1,12,19-23,25-26H2,(H2,46,47)(H,48,53)(H,56,57)/b28-24+,49-35-/t33-,36+,41+/m0/s1. The summed E-state index contributed by atoms with van der Waals surface area (Å²) in [5.74, 6) is -2.86. The molecule has 3 fully saturated rings. The number of nitrogens with two attached hydrogens (primary N) is 1. The molecule has 318 valence electrons. The van der Waals surface area contributed by atoms with Gasteiger partial charge in [0.25, 0.3) is 11.8 Å². The number of ether oxygens (including phenoxy) is 1. The Morgan fingerprint density at radius 1 is 0.984 bits per heavy atom. The van der Waals surface area contributed by atoms with Crippen molar-refractivity contribution in [2.75, 3.05) is 37.7 Å². The number of aliphatic carboxylic acids is 1. The van der Waals surface area contributed by atoms with Gasteiger partial charge in [0, 0.05) is 53.0 Å². The van der Waals surface area contributed by atoms with Crippen LogP contribution in [0.5, 0.6) is 0 Å². The number of β-lactam (4-membered cyclic amide) rings is 1. The minimum atomic E-state index is -1.34. The van der Waals surface area contributed by atoms with Crippen LogP contribution < -0.4 is 11.1 Å². The Hall–Kier alpha value is -6.72. The van der Waals surface area contributed by atoms with Crippen LogP contribution >= 0.6 is 23.1 Å². The molecule has 5 heterocycles. The maximum Gasteiger partial charge on any atom is 0.410 e. The van der Waals surface area contributed by atoms with Gasteiger partial charge in [-0.2, -0.15) is 0 Å². The van der Waals surface area contributed by atoms with E-state index in [9.17, 15) is 29.1 Å². The van der Waals surface area contributed by atoms with Crippen molar-refractivity contribution in [3.63, 3.8) is 0 Å². The van der Waals surface area contributed by atoms with E-state index in [0.29, 0.717) is 37.2 Å². The lowest BCUT2D eigenvalue weighted by atomic mass is 9.80. The van der Waals surface area contributed by atoms with Crippen LogP contribution in [0.3, 0.4) is 0 Å². The van der Waals surface area contributed by atoms with Gasteiger partial charge in [-0.15, -0.1) is 23.1 Å². The molecule has 8 rings (SSSR count). The fraction of sp³-hybridized carbons (Fsp3) is 0.267. The molecule has 3 aromatic carbocycles. The lowest BCUT2D eigenvalue weighted by molar-refractivity contribution is -0.150. The zero-order chi connectivity index (χ0) is 43.4.